The number of benzene rings is 2. The van der Waals surface area contributed by atoms with Crippen LogP contribution in [0.4, 0.5) is 0 Å². The van der Waals surface area contributed by atoms with Crippen LogP contribution in [0.5, 0.6) is 23.0 Å². The molecular weight excluding hydrogens is 348 g/mol. The first-order valence-corrected chi connectivity index (χ1v) is 8.98. The van der Waals surface area contributed by atoms with Crippen LogP contribution in [0, 0.1) is 0 Å². The van der Waals surface area contributed by atoms with E-state index in [0.717, 1.165) is 31.1 Å². The number of para-hydroxylation sites is 2. The molecule has 1 fully saturated rings. The molecular formula is C20H22N2O5. The predicted molar refractivity (Wildman–Crippen MR) is 98.0 cm³/mol. The number of phenolic OH excluding ortho intramolecular Hbond substituents is 1. The third-order valence-electron chi connectivity index (χ3n) is 4.78. The third kappa shape index (κ3) is 4.09. The Hall–Kier alpha value is -2.93. The van der Waals surface area contributed by atoms with Crippen molar-refractivity contribution in [3.05, 3.63) is 48.0 Å². The highest BCUT2D eigenvalue weighted by atomic mass is 16.7. The van der Waals surface area contributed by atoms with Gasteiger partial charge in [-0.2, -0.15) is 0 Å². The molecule has 27 heavy (non-hydrogen) atoms. The van der Waals surface area contributed by atoms with Crippen molar-refractivity contribution in [1.82, 2.24) is 9.80 Å². The molecule has 1 N–H and O–H groups in total. The summed E-state index contributed by atoms with van der Waals surface area (Å²) >= 11 is 0. The summed E-state index contributed by atoms with van der Waals surface area (Å²) in [4.78, 5) is 16.5. The van der Waals surface area contributed by atoms with Crippen LogP contribution in [-0.4, -0.2) is 60.4 Å². The van der Waals surface area contributed by atoms with Gasteiger partial charge in [0.2, 0.25) is 6.79 Å². The average molecular weight is 370 g/mol. The summed E-state index contributed by atoms with van der Waals surface area (Å²) in [6.07, 6.45) is 0. The maximum atomic E-state index is 12.3. The lowest BCUT2D eigenvalue weighted by Gasteiger charge is -2.34. The molecule has 0 unspecified atom stereocenters. The van der Waals surface area contributed by atoms with Gasteiger partial charge in [0.15, 0.2) is 29.6 Å². The number of aromatic hydroxyl groups is 1. The number of phenols is 1. The second-order valence-electron chi connectivity index (χ2n) is 6.60. The van der Waals surface area contributed by atoms with Gasteiger partial charge in [-0.15, -0.1) is 0 Å². The third-order valence-corrected chi connectivity index (χ3v) is 4.78. The van der Waals surface area contributed by atoms with E-state index in [0.29, 0.717) is 18.8 Å². The summed E-state index contributed by atoms with van der Waals surface area (Å²) in [5, 5.41) is 9.69. The molecule has 2 aromatic carbocycles. The Bertz CT molecular complexity index is 818. The summed E-state index contributed by atoms with van der Waals surface area (Å²) in [7, 11) is 0. The molecule has 2 aromatic rings. The highest BCUT2D eigenvalue weighted by Crippen LogP contribution is 2.32. The van der Waals surface area contributed by atoms with Crippen molar-refractivity contribution >= 4 is 5.91 Å². The zero-order valence-electron chi connectivity index (χ0n) is 15.0. The Kier molecular flexibility index (Phi) is 5.02. The second kappa shape index (κ2) is 7.75. The van der Waals surface area contributed by atoms with E-state index in [1.54, 1.807) is 23.1 Å². The van der Waals surface area contributed by atoms with Crippen LogP contribution in [0.2, 0.25) is 0 Å². The molecule has 1 amide bonds. The minimum absolute atomic E-state index is 0.0406. The first-order chi connectivity index (χ1) is 13.2. The van der Waals surface area contributed by atoms with Gasteiger partial charge in [-0.1, -0.05) is 18.2 Å². The van der Waals surface area contributed by atoms with Crippen LogP contribution in [-0.2, 0) is 11.3 Å². The van der Waals surface area contributed by atoms with Gasteiger partial charge in [0.1, 0.15) is 0 Å². The molecule has 0 saturated carbocycles. The van der Waals surface area contributed by atoms with Crippen molar-refractivity contribution in [3.8, 4) is 23.0 Å². The number of ether oxygens (including phenoxy) is 3. The molecule has 2 heterocycles. The number of amides is 1. The van der Waals surface area contributed by atoms with Crippen molar-refractivity contribution in [3.63, 3.8) is 0 Å². The molecule has 2 aliphatic heterocycles. The van der Waals surface area contributed by atoms with E-state index in [1.165, 1.54) is 11.6 Å². The van der Waals surface area contributed by atoms with E-state index in [2.05, 4.69) is 4.90 Å². The number of carbonyl (C=O) groups excluding carboxylic acids is 1. The van der Waals surface area contributed by atoms with Gasteiger partial charge in [0.05, 0.1) is 0 Å². The summed E-state index contributed by atoms with van der Waals surface area (Å²) in [6.45, 7) is 3.95. The van der Waals surface area contributed by atoms with Gasteiger partial charge in [-0.05, 0) is 29.8 Å². The molecule has 4 rings (SSSR count). The molecule has 0 spiro atoms. The Balaban J connectivity index is 1.25. The first kappa shape index (κ1) is 17.5. The lowest BCUT2D eigenvalue weighted by atomic mass is 10.1. The van der Waals surface area contributed by atoms with E-state index in [1.807, 2.05) is 18.2 Å². The number of carbonyl (C=O) groups is 1. The molecule has 0 radical (unpaired) electrons. The Labute approximate surface area is 157 Å². The fourth-order valence-corrected chi connectivity index (χ4v) is 3.26. The highest BCUT2D eigenvalue weighted by Gasteiger charge is 2.22. The van der Waals surface area contributed by atoms with Crippen molar-refractivity contribution < 1.29 is 24.1 Å². The van der Waals surface area contributed by atoms with E-state index in [4.69, 9.17) is 14.2 Å². The zero-order chi connectivity index (χ0) is 18.6. The molecule has 2 aliphatic rings. The number of rotatable bonds is 5. The Morgan fingerprint density at radius 3 is 2.63 bits per heavy atom. The van der Waals surface area contributed by atoms with Gasteiger partial charge in [-0.3, -0.25) is 9.69 Å². The second-order valence-corrected chi connectivity index (χ2v) is 6.60. The number of fused-ring (bicyclic) bond motifs is 1. The lowest BCUT2D eigenvalue weighted by molar-refractivity contribution is -0.135. The maximum Gasteiger partial charge on any atom is 0.260 e. The lowest BCUT2D eigenvalue weighted by Crippen LogP contribution is -2.49. The summed E-state index contributed by atoms with van der Waals surface area (Å²) < 4.78 is 16.2. The predicted octanol–water partition coefficient (Wildman–Crippen LogP) is 1.84. The molecule has 1 saturated heterocycles. The topological polar surface area (TPSA) is 71.5 Å². The summed E-state index contributed by atoms with van der Waals surface area (Å²) in [5.74, 6) is 1.88. The van der Waals surface area contributed by atoms with E-state index >= 15 is 0 Å². The molecule has 7 heteroatoms. The molecule has 0 aromatic heterocycles. The Morgan fingerprint density at radius 1 is 1.04 bits per heavy atom. The normalized spacial score (nSPS) is 16.4. The number of hydrogen-bond acceptors (Lipinski definition) is 6. The summed E-state index contributed by atoms with van der Waals surface area (Å²) in [6, 6.07) is 12.7. The van der Waals surface area contributed by atoms with Gasteiger partial charge >= 0.3 is 0 Å². The smallest absolute Gasteiger partial charge is 0.260 e. The van der Waals surface area contributed by atoms with Crippen LogP contribution in [0.1, 0.15) is 5.56 Å². The monoisotopic (exact) mass is 370 g/mol. The quantitative estimate of drug-likeness (QED) is 0.866. The molecule has 0 atom stereocenters. The Morgan fingerprint density at radius 2 is 1.81 bits per heavy atom. The van der Waals surface area contributed by atoms with Gasteiger partial charge in [-0.25, -0.2) is 0 Å². The van der Waals surface area contributed by atoms with Crippen LogP contribution in [0.15, 0.2) is 42.5 Å². The summed E-state index contributed by atoms with van der Waals surface area (Å²) in [5.41, 5.74) is 1.17. The molecule has 142 valence electrons. The van der Waals surface area contributed by atoms with Gasteiger partial charge in [0, 0.05) is 32.7 Å². The van der Waals surface area contributed by atoms with Crippen molar-refractivity contribution in [2.24, 2.45) is 0 Å². The molecule has 7 nitrogen and oxygen atoms in total. The van der Waals surface area contributed by atoms with E-state index in [-0.39, 0.29) is 25.1 Å². The maximum absolute atomic E-state index is 12.3. The van der Waals surface area contributed by atoms with Crippen molar-refractivity contribution in [2.45, 2.75) is 6.54 Å². The van der Waals surface area contributed by atoms with E-state index in [9.17, 15) is 9.90 Å². The molecule has 0 bridgehead atoms. The van der Waals surface area contributed by atoms with Crippen LogP contribution in [0.3, 0.4) is 0 Å². The number of piperazine rings is 1. The fraction of sp³-hybridized carbons (Fsp3) is 0.350. The van der Waals surface area contributed by atoms with Crippen molar-refractivity contribution in [2.75, 3.05) is 39.6 Å². The van der Waals surface area contributed by atoms with Crippen LogP contribution in [0.25, 0.3) is 0 Å². The zero-order valence-corrected chi connectivity index (χ0v) is 15.0. The van der Waals surface area contributed by atoms with Crippen LogP contribution >= 0.6 is 0 Å². The standard InChI is InChI=1S/C20H22N2O5/c23-16-3-1-2-4-17(16)25-13-20(24)22-9-7-21(8-10-22)12-15-5-6-18-19(11-15)27-14-26-18/h1-6,11,23H,7-10,12-14H2. The number of nitrogens with zero attached hydrogens (tertiary/aromatic N) is 2. The number of hydrogen-bond donors (Lipinski definition) is 1. The minimum atomic E-state index is -0.0697. The van der Waals surface area contributed by atoms with Crippen molar-refractivity contribution in [1.29, 1.82) is 0 Å². The first-order valence-electron chi connectivity index (χ1n) is 8.98. The SMILES string of the molecule is O=C(COc1ccccc1O)N1CCN(Cc2ccc3c(c2)OCO3)CC1. The average Bonchev–Trinajstić information content (AvgIpc) is 3.15. The highest BCUT2D eigenvalue weighted by molar-refractivity contribution is 5.78. The van der Waals surface area contributed by atoms with Gasteiger partial charge < -0.3 is 24.2 Å². The minimum Gasteiger partial charge on any atom is -0.504 e. The fourth-order valence-electron chi connectivity index (χ4n) is 3.26. The molecule has 0 aliphatic carbocycles. The van der Waals surface area contributed by atoms with Crippen LogP contribution < -0.4 is 14.2 Å². The largest absolute Gasteiger partial charge is 0.504 e. The van der Waals surface area contributed by atoms with E-state index < -0.39 is 0 Å². The van der Waals surface area contributed by atoms with Gasteiger partial charge in [0.25, 0.3) is 5.91 Å².